The van der Waals surface area contributed by atoms with Crippen molar-refractivity contribution >= 4 is 0 Å². The molecule has 86 valence electrons. The molecule has 0 aliphatic carbocycles. The van der Waals surface area contributed by atoms with Crippen molar-refractivity contribution in [1.82, 2.24) is 9.78 Å². The van der Waals surface area contributed by atoms with Gasteiger partial charge in [-0.25, -0.2) is 0 Å². The van der Waals surface area contributed by atoms with Crippen molar-refractivity contribution in [2.45, 2.75) is 38.8 Å². The van der Waals surface area contributed by atoms with Crippen LogP contribution in [0.15, 0.2) is 12.3 Å². The lowest BCUT2D eigenvalue weighted by Crippen LogP contribution is -2.35. The van der Waals surface area contributed by atoms with Gasteiger partial charge in [0.2, 0.25) is 0 Å². The van der Waals surface area contributed by atoms with Gasteiger partial charge in [-0.3, -0.25) is 4.68 Å². The van der Waals surface area contributed by atoms with Gasteiger partial charge in [-0.05, 0) is 32.8 Å². The maximum atomic E-state index is 6.02. The second-order valence-electron chi connectivity index (χ2n) is 3.81. The Hall–Kier alpha value is -0.870. The third-order valence-electron chi connectivity index (χ3n) is 2.69. The molecule has 2 N–H and O–H groups in total. The zero-order valence-electron chi connectivity index (χ0n) is 9.81. The Bertz CT molecular complexity index is 285. The highest BCUT2D eigenvalue weighted by atomic mass is 16.5. The minimum Gasteiger partial charge on any atom is -0.377 e. The number of nitrogens with two attached hydrogens (primary N) is 1. The lowest BCUT2D eigenvalue weighted by Gasteiger charge is -2.19. The third kappa shape index (κ3) is 3.64. The van der Waals surface area contributed by atoms with Crippen molar-refractivity contribution < 1.29 is 4.74 Å². The fourth-order valence-electron chi connectivity index (χ4n) is 1.58. The number of rotatable bonds is 6. The number of aryl methyl sites for hydroxylation is 2. The van der Waals surface area contributed by atoms with E-state index >= 15 is 0 Å². The minimum atomic E-state index is 0.0971. The number of nitrogens with zero attached hydrogens (tertiary/aromatic N) is 2. The first-order valence-electron chi connectivity index (χ1n) is 5.49. The van der Waals surface area contributed by atoms with Crippen LogP contribution in [0.5, 0.6) is 0 Å². The van der Waals surface area contributed by atoms with Gasteiger partial charge in [-0.1, -0.05) is 0 Å². The van der Waals surface area contributed by atoms with Crippen molar-refractivity contribution in [3.63, 3.8) is 0 Å². The van der Waals surface area contributed by atoms with Gasteiger partial charge in [0.05, 0.1) is 6.10 Å². The fourth-order valence-corrected chi connectivity index (χ4v) is 1.58. The summed E-state index contributed by atoms with van der Waals surface area (Å²) in [5.74, 6) is 0. The van der Waals surface area contributed by atoms with Crippen LogP contribution < -0.4 is 5.73 Å². The third-order valence-corrected chi connectivity index (χ3v) is 2.69. The SMILES string of the molecule is CCOC(C)C(N)CCc1ccnn1C. The largest absolute Gasteiger partial charge is 0.377 e. The molecular weight excluding hydrogens is 190 g/mol. The summed E-state index contributed by atoms with van der Waals surface area (Å²) in [6.45, 7) is 4.74. The smallest absolute Gasteiger partial charge is 0.0697 e. The Morgan fingerprint density at radius 1 is 1.60 bits per heavy atom. The molecule has 0 radical (unpaired) electrons. The average Bonchev–Trinajstić information content (AvgIpc) is 2.61. The van der Waals surface area contributed by atoms with Crippen molar-refractivity contribution in [3.05, 3.63) is 18.0 Å². The van der Waals surface area contributed by atoms with Crippen LogP contribution in [0.4, 0.5) is 0 Å². The maximum absolute atomic E-state index is 6.02. The second-order valence-corrected chi connectivity index (χ2v) is 3.81. The molecule has 2 unspecified atom stereocenters. The van der Waals surface area contributed by atoms with Crippen molar-refractivity contribution in [1.29, 1.82) is 0 Å². The van der Waals surface area contributed by atoms with Gasteiger partial charge in [0.25, 0.3) is 0 Å². The number of ether oxygens (including phenoxy) is 1. The zero-order chi connectivity index (χ0) is 11.3. The summed E-state index contributed by atoms with van der Waals surface area (Å²) in [6.07, 6.45) is 3.83. The Morgan fingerprint density at radius 3 is 2.87 bits per heavy atom. The average molecular weight is 211 g/mol. The molecule has 0 saturated heterocycles. The quantitative estimate of drug-likeness (QED) is 0.766. The van der Waals surface area contributed by atoms with Crippen LogP contribution in [-0.2, 0) is 18.2 Å². The normalized spacial score (nSPS) is 15.2. The summed E-state index contributed by atoms with van der Waals surface area (Å²) in [5.41, 5.74) is 7.23. The Kier molecular flexibility index (Phi) is 4.78. The van der Waals surface area contributed by atoms with E-state index in [0.717, 1.165) is 19.4 Å². The zero-order valence-corrected chi connectivity index (χ0v) is 9.81. The first kappa shape index (κ1) is 12.2. The van der Waals surface area contributed by atoms with Gasteiger partial charge in [0.15, 0.2) is 0 Å². The molecule has 2 atom stereocenters. The summed E-state index contributed by atoms with van der Waals surface area (Å²) in [7, 11) is 1.95. The monoisotopic (exact) mass is 211 g/mol. The van der Waals surface area contributed by atoms with Crippen LogP contribution in [0, 0.1) is 0 Å². The number of hydrogen-bond donors (Lipinski definition) is 1. The van der Waals surface area contributed by atoms with E-state index in [-0.39, 0.29) is 12.1 Å². The summed E-state index contributed by atoms with van der Waals surface area (Å²) in [5, 5.41) is 4.12. The molecule has 0 aliphatic heterocycles. The minimum absolute atomic E-state index is 0.0971. The molecule has 0 saturated carbocycles. The molecule has 0 fully saturated rings. The molecule has 0 amide bonds. The lowest BCUT2D eigenvalue weighted by molar-refractivity contribution is 0.0556. The summed E-state index contributed by atoms with van der Waals surface area (Å²) >= 11 is 0. The van der Waals surface area contributed by atoms with Crippen LogP contribution in [0.25, 0.3) is 0 Å². The van der Waals surface area contributed by atoms with E-state index in [1.807, 2.05) is 37.8 Å². The van der Waals surface area contributed by atoms with Crippen LogP contribution in [-0.4, -0.2) is 28.5 Å². The van der Waals surface area contributed by atoms with Crippen LogP contribution in [0.3, 0.4) is 0 Å². The standard InChI is InChI=1S/C11H21N3O/c1-4-15-9(2)11(12)6-5-10-7-8-13-14(10)3/h7-9,11H,4-6,12H2,1-3H3. The fraction of sp³-hybridized carbons (Fsp3) is 0.727. The Labute approximate surface area is 91.4 Å². The van der Waals surface area contributed by atoms with E-state index < -0.39 is 0 Å². The highest BCUT2D eigenvalue weighted by molar-refractivity contribution is 5.00. The van der Waals surface area contributed by atoms with Gasteiger partial charge in [-0.15, -0.1) is 0 Å². The molecule has 4 nitrogen and oxygen atoms in total. The molecular formula is C11H21N3O. The molecule has 0 spiro atoms. The molecule has 1 aromatic heterocycles. The number of hydrogen-bond acceptors (Lipinski definition) is 3. The van der Waals surface area contributed by atoms with Crippen molar-refractivity contribution in [2.24, 2.45) is 12.8 Å². The summed E-state index contributed by atoms with van der Waals surface area (Å²) in [4.78, 5) is 0. The van der Waals surface area contributed by atoms with Gasteiger partial charge in [-0.2, -0.15) is 5.10 Å². The lowest BCUT2D eigenvalue weighted by atomic mass is 10.1. The van der Waals surface area contributed by atoms with E-state index in [4.69, 9.17) is 10.5 Å². The first-order chi connectivity index (χ1) is 7.15. The summed E-state index contributed by atoms with van der Waals surface area (Å²) in [6, 6.07) is 2.12. The van der Waals surface area contributed by atoms with E-state index in [1.54, 1.807) is 0 Å². The van der Waals surface area contributed by atoms with E-state index in [0.29, 0.717) is 0 Å². The molecule has 4 heteroatoms. The van der Waals surface area contributed by atoms with Crippen LogP contribution in [0.1, 0.15) is 26.0 Å². The van der Waals surface area contributed by atoms with Gasteiger partial charge < -0.3 is 10.5 Å². The molecule has 1 heterocycles. The van der Waals surface area contributed by atoms with E-state index in [9.17, 15) is 0 Å². The van der Waals surface area contributed by atoms with Crippen LogP contribution >= 0.6 is 0 Å². The maximum Gasteiger partial charge on any atom is 0.0697 e. The predicted octanol–water partition coefficient (Wildman–Crippen LogP) is 1.10. The number of aromatic nitrogens is 2. The highest BCUT2D eigenvalue weighted by Crippen LogP contribution is 2.06. The van der Waals surface area contributed by atoms with Gasteiger partial charge in [0, 0.05) is 31.6 Å². The molecule has 15 heavy (non-hydrogen) atoms. The summed E-state index contributed by atoms with van der Waals surface area (Å²) < 4.78 is 7.34. The molecule has 1 rings (SSSR count). The van der Waals surface area contributed by atoms with Gasteiger partial charge in [0.1, 0.15) is 0 Å². The van der Waals surface area contributed by atoms with E-state index in [1.165, 1.54) is 5.69 Å². The molecule has 1 aromatic rings. The predicted molar refractivity (Wildman–Crippen MR) is 60.6 cm³/mol. The highest BCUT2D eigenvalue weighted by Gasteiger charge is 2.13. The van der Waals surface area contributed by atoms with Gasteiger partial charge >= 0.3 is 0 Å². The molecule has 0 aliphatic rings. The second kappa shape index (κ2) is 5.88. The first-order valence-corrected chi connectivity index (χ1v) is 5.49. The Balaban J connectivity index is 2.34. The topological polar surface area (TPSA) is 53.1 Å². The molecule has 0 bridgehead atoms. The molecule has 0 aromatic carbocycles. The van der Waals surface area contributed by atoms with E-state index in [2.05, 4.69) is 5.10 Å². The van der Waals surface area contributed by atoms with Crippen molar-refractivity contribution in [2.75, 3.05) is 6.61 Å². The Morgan fingerprint density at radius 2 is 2.33 bits per heavy atom. The van der Waals surface area contributed by atoms with Crippen LogP contribution in [0.2, 0.25) is 0 Å². The van der Waals surface area contributed by atoms with Crippen molar-refractivity contribution in [3.8, 4) is 0 Å².